The van der Waals surface area contributed by atoms with Gasteiger partial charge in [0.2, 0.25) is 0 Å². The lowest BCUT2D eigenvalue weighted by atomic mass is 9.89. The standard InChI is InChI=1S/C19H27N3O3.C19H27N3O2/c1-3-24-12-11-22-14-17(16-5-8-20-13-18(16)22)15-6-9-21(10-7-15)19(23)25-4-2;1-3-5-11-22-14-17(16-7-6-10-20-18(16)22)15-8-12-21(13-9-15)19(23)24-4-2/h5,8,13-15H,3-4,6-7,9-12H2,1-2H3;6-7,10,14-15H,3-5,8-9,11-13H2,1-2H3. The second kappa shape index (κ2) is 18.0. The molecular weight excluding hydrogens is 620 g/mol. The van der Waals surface area contributed by atoms with Crippen LogP contribution in [0.3, 0.4) is 0 Å². The molecule has 0 aromatic carbocycles. The molecule has 6 rings (SSSR count). The van der Waals surface area contributed by atoms with Crippen LogP contribution in [-0.4, -0.2) is 93.7 Å². The summed E-state index contributed by atoms with van der Waals surface area (Å²) in [5, 5.41) is 2.53. The maximum absolute atomic E-state index is 11.9. The fraction of sp³-hybridized carbons (Fsp3) is 0.579. The number of ether oxygens (including phenoxy) is 3. The Morgan fingerprint density at radius 1 is 0.755 bits per heavy atom. The molecule has 0 spiro atoms. The lowest BCUT2D eigenvalue weighted by Gasteiger charge is -2.31. The Morgan fingerprint density at radius 2 is 1.37 bits per heavy atom. The van der Waals surface area contributed by atoms with Gasteiger partial charge < -0.3 is 33.1 Å². The monoisotopic (exact) mass is 674 g/mol. The van der Waals surface area contributed by atoms with E-state index < -0.39 is 0 Å². The number of pyridine rings is 2. The summed E-state index contributed by atoms with van der Waals surface area (Å²) in [5.41, 5.74) is 4.99. The number of nitrogens with zero attached hydrogens (tertiary/aromatic N) is 6. The number of fused-ring (bicyclic) bond motifs is 2. The van der Waals surface area contributed by atoms with Gasteiger partial charge in [0, 0.05) is 81.4 Å². The average Bonchev–Trinajstić information content (AvgIpc) is 3.70. The second-order valence-corrected chi connectivity index (χ2v) is 12.8. The van der Waals surface area contributed by atoms with E-state index in [2.05, 4.69) is 50.6 Å². The van der Waals surface area contributed by atoms with E-state index >= 15 is 0 Å². The molecule has 0 saturated carbocycles. The molecule has 0 aliphatic carbocycles. The van der Waals surface area contributed by atoms with E-state index in [-0.39, 0.29) is 12.2 Å². The molecule has 4 aromatic heterocycles. The number of piperidine rings is 2. The van der Waals surface area contributed by atoms with Crippen molar-refractivity contribution in [3.63, 3.8) is 0 Å². The number of aromatic nitrogens is 4. The van der Waals surface area contributed by atoms with E-state index in [1.165, 1.54) is 34.7 Å². The Kier molecular flexibility index (Phi) is 13.3. The highest BCUT2D eigenvalue weighted by Gasteiger charge is 2.28. The van der Waals surface area contributed by atoms with Crippen LogP contribution in [0.4, 0.5) is 9.59 Å². The second-order valence-electron chi connectivity index (χ2n) is 12.8. The number of amides is 2. The zero-order valence-electron chi connectivity index (χ0n) is 29.8. The van der Waals surface area contributed by atoms with Crippen LogP contribution >= 0.6 is 0 Å². The van der Waals surface area contributed by atoms with Gasteiger partial charge in [0.25, 0.3) is 0 Å². The summed E-state index contributed by atoms with van der Waals surface area (Å²) in [5.74, 6) is 0.953. The van der Waals surface area contributed by atoms with Gasteiger partial charge in [0.05, 0.1) is 31.5 Å². The molecule has 2 fully saturated rings. The van der Waals surface area contributed by atoms with Crippen LogP contribution in [0.25, 0.3) is 21.9 Å². The van der Waals surface area contributed by atoms with Gasteiger partial charge in [0.15, 0.2) is 0 Å². The zero-order chi connectivity index (χ0) is 34.6. The van der Waals surface area contributed by atoms with E-state index in [0.29, 0.717) is 31.7 Å². The van der Waals surface area contributed by atoms with Crippen molar-refractivity contribution in [1.82, 2.24) is 28.9 Å². The Bertz CT molecular complexity index is 1630. The topological polar surface area (TPSA) is 104 Å². The minimum absolute atomic E-state index is 0.178. The first-order valence-electron chi connectivity index (χ1n) is 18.3. The predicted molar refractivity (Wildman–Crippen MR) is 192 cm³/mol. The van der Waals surface area contributed by atoms with Crippen molar-refractivity contribution in [3.05, 3.63) is 60.3 Å². The highest BCUT2D eigenvalue weighted by molar-refractivity contribution is 5.84. The molecule has 2 amide bonds. The number of aryl methyl sites for hydroxylation is 1. The fourth-order valence-corrected chi connectivity index (χ4v) is 7.13. The first-order chi connectivity index (χ1) is 24.0. The van der Waals surface area contributed by atoms with Crippen LogP contribution in [0.5, 0.6) is 0 Å². The molecule has 2 saturated heterocycles. The molecule has 11 heteroatoms. The molecule has 0 radical (unpaired) electrons. The van der Waals surface area contributed by atoms with Crippen molar-refractivity contribution >= 4 is 34.1 Å². The number of likely N-dealkylation sites (tertiary alicyclic amines) is 2. The van der Waals surface area contributed by atoms with Crippen LogP contribution in [0.15, 0.2) is 49.2 Å². The molecular formula is C38H54N6O5. The Hall–Kier alpha value is -4.12. The Balaban J connectivity index is 0.000000191. The van der Waals surface area contributed by atoms with Crippen molar-refractivity contribution < 1.29 is 23.8 Å². The SMILES string of the molecule is CCCCn1cc(C2CCN(C(=O)OCC)CC2)c2cccnc21.CCOCCn1cc(C2CCN(C(=O)OCC)CC2)c2ccncc21. The molecule has 0 atom stereocenters. The Morgan fingerprint density at radius 3 is 1.96 bits per heavy atom. The van der Waals surface area contributed by atoms with Gasteiger partial charge in [-0.15, -0.1) is 0 Å². The maximum atomic E-state index is 11.9. The smallest absolute Gasteiger partial charge is 0.409 e. The largest absolute Gasteiger partial charge is 0.450 e. The molecule has 6 heterocycles. The van der Waals surface area contributed by atoms with E-state index in [0.717, 1.165) is 82.7 Å². The molecule has 49 heavy (non-hydrogen) atoms. The molecule has 2 aliphatic heterocycles. The third kappa shape index (κ3) is 8.92. The predicted octanol–water partition coefficient (Wildman–Crippen LogP) is 7.58. The van der Waals surface area contributed by atoms with Crippen LogP contribution in [-0.2, 0) is 27.3 Å². The minimum atomic E-state index is -0.190. The van der Waals surface area contributed by atoms with Gasteiger partial charge >= 0.3 is 12.2 Å². The maximum Gasteiger partial charge on any atom is 0.409 e. The van der Waals surface area contributed by atoms with Gasteiger partial charge in [-0.25, -0.2) is 14.6 Å². The number of hydrogen-bond acceptors (Lipinski definition) is 7. The number of unbranched alkanes of at least 4 members (excludes halogenated alkanes) is 1. The minimum Gasteiger partial charge on any atom is -0.450 e. The molecule has 0 N–H and O–H groups in total. The number of rotatable bonds is 11. The van der Waals surface area contributed by atoms with Gasteiger partial charge in [0.1, 0.15) is 5.65 Å². The zero-order valence-corrected chi connectivity index (χ0v) is 29.8. The first-order valence-corrected chi connectivity index (χ1v) is 18.3. The number of carbonyl (C=O) groups excluding carboxylic acids is 2. The highest BCUT2D eigenvalue weighted by atomic mass is 16.6. The summed E-state index contributed by atoms with van der Waals surface area (Å²) in [6.45, 7) is 15.1. The van der Waals surface area contributed by atoms with Crippen LogP contribution in [0.1, 0.15) is 89.2 Å². The first kappa shape index (κ1) is 36.2. The molecule has 4 aromatic rings. The molecule has 0 unspecified atom stereocenters. The third-order valence-corrected chi connectivity index (χ3v) is 9.73. The third-order valence-electron chi connectivity index (χ3n) is 9.73. The van der Waals surface area contributed by atoms with Crippen LogP contribution < -0.4 is 0 Å². The highest BCUT2D eigenvalue weighted by Crippen LogP contribution is 2.35. The summed E-state index contributed by atoms with van der Waals surface area (Å²) < 4.78 is 20.3. The summed E-state index contributed by atoms with van der Waals surface area (Å²) in [7, 11) is 0. The summed E-state index contributed by atoms with van der Waals surface area (Å²) >= 11 is 0. The quantitative estimate of drug-likeness (QED) is 0.151. The van der Waals surface area contributed by atoms with E-state index in [4.69, 9.17) is 14.2 Å². The lowest BCUT2D eigenvalue weighted by molar-refractivity contribution is 0.0963. The van der Waals surface area contributed by atoms with Crippen molar-refractivity contribution in [2.75, 3.05) is 52.6 Å². The van der Waals surface area contributed by atoms with Crippen LogP contribution in [0, 0.1) is 0 Å². The van der Waals surface area contributed by atoms with E-state index in [9.17, 15) is 9.59 Å². The van der Waals surface area contributed by atoms with Crippen molar-refractivity contribution in [2.24, 2.45) is 0 Å². The summed E-state index contributed by atoms with van der Waals surface area (Å²) in [6.07, 6.45) is 16.1. The Labute approximate surface area is 290 Å². The summed E-state index contributed by atoms with van der Waals surface area (Å²) in [4.78, 5) is 36.3. The molecule has 11 nitrogen and oxygen atoms in total. The number of carbonyl (C=O) groups is 2. The normalized spacial score (nSPS) is 15.8. The van der Waals surface area contributed by atoms with E-state index in [1.807, 2.05) is 55.2 Å². The number of hydrogen-bond donors (Lipinski definition) is 0. The lowest BCUT2D eigenvalue weighted by Crippen LogP contribution is -2.38. The average molecular weight is 675 g/mol. The van der Waals surface area contributed by atoms with Gasteiger partial charge in [-0.2, -0.15) is 0 Å². The van der Waals surface area contributed by atoms with Gasteiger partial charge in [-0.1, -0.05) is 13.3 Å². The van der Waals surface area contributed by atoms with Gasteiger partial charge in [-0.3, -0.25) is 4.98 Å². The summed E-state index contributed by atoms with van der Waals surface area (Å²) in [6, 6.07) is 6.29. The van der Waals surface area contributed by atoms with E-state index in [1.54, 1.807) is 0 Å². The van der Waals surface area contributed by atoms with Gasteiger partial charge in [-0.05, 0) is 94.0 Å². The van der Waals surface area contributed by atoms with Crippen LogP contribution in [0.2, 0.25) is 0 Å². The molecule has 0 bridgehead atoms. The fourth-order valence-electron chi connectivity index (χ4n) is 7.13. The van der Waals surface area contributed by atoms with Crippen molar-refractivity contribution in [1.29, 1.82) is 0 Å². The molecule has 266 valence electrons. The van der Waals surface area contributed by atoms with Crippen molar-refractivity contribution in [2.45, 2.75) is 91.1 Å². The molecule has 2 aliphatic rings. The van der Waals surface area contributed by atoms with Crippen molar-refractivity contribution in [3.8, 4) is 0 Å².